The fourth-order valence-electron chi connectivity index (χ4n) is 5.44. The first-order valence-corrected chi connectivity index (χ1v) is 21.3. The highest BCUT2D eigenvalue weighted by molar-refractivity contribution is 7.99. The minimum absolute atomic E-state index is 0.00385. The maximum atomic E-state index is 13.4. The van der Waals surface area contributed by atoms with Gasteiger partial charge in [-0.25, -0.2) is 4.79 Å². The molecule has 1 N–H and O–H groups in total. The quantitative estimate of drug-likeness (QED) is 0.0409. The van der Waals surface area contributed by atoms with Gasteiger partial charge < -0.3 is 29.0 Å². The van der Waals surface area contributed by atoms with Gasteiger partial charge in [-0.15, -0.1) is 0 Å². The molecule has 0 fully saturated rings. The van der Waals surface area contributed by atoms with Crippen molar-refractivity contribution in [2.75, 3.05) is 31.8 Å². The molecule has 3 atom stereocenters. The Bertz CT molecular complexity index is 1020. The van der Waals surface area contributed by atoms with E-state index < -0.39 is 47.3 Å². The van der Waals surface area contributed by atoms with Crippen LogP contribution in [-0.4, -0.2) is 85.0 Å². The number of nitrogens with one attached hydrogen (secondary N) is 1. The summed E-state index contributed by atoms with van der Waals surface area (Å²) in [4.78, 5) is 64.0. The second kappa shape index (κ2) is 29.9. The maximum absolute atomic E-state index is 13.4. The number of ether oxygens (including phenoxy) is 5. The second-order valence-corrected chi connectivity index (χ2v) is 17.1. The van der Waals surface area contributed by atoms with Crippen LogP contribution in [0.15, 0.2) is 0 Å². The summed E-state index contributed by atoms with van der Waals surface area (Å²) in [6, 6.07) is -0.963. The molecule has 0 aromatic heterocycles. The number of esters is 3. The molecule has 0 spiro atoms. The third-order valence-electron chi connectivity index (χ3n) is 8.36. The zero-order valence-corrected chi connectivity index (χ0v) is 35.6. The second-order valence-electron chi connectivity index (χ2n) is 15.9. The Balaban J connectivity index is 5.16. The highest BCUT2D eigenvalue weighted by Crippen LogP contribution is 2.19. The molecule has 0 radical (unpaired) electrons. The molecule has 0 aromatic carbocycles. The van der Waals surface area contributed by atoms with Gasteiger partial charge in [0.05, 0.1) is 37.7 Å². The molecule has 12 heteroatoms. The van der Waals surface area contributed by atoms with Crippen molar-refractivity contribution < 1.29 is 47.7 Å². The molecule has 0 bridgehead atoms. The van der Waals surface area contributed by atoms with Crippen LogP contribution < -0.4 is 5.32 Å². The Hall–Kier alpha value is -2.34. The predicted octanol–water partition coefficient (Wildman–Crippen LogP) is 9.30. The average Bonchev–Trinajstić information content (AvgIpc) is 3.06. The van der Waals surface area contributed by atoms with Crippen molar-refractivity contribution in [1.82, 2.24) is 5.32 Å². The smallest absolute Gasteiger partial charge is 0.408 e. The first kappa shape index (κ1) is 50.7. The third kappa shape index (κ3) is 30.7. The molecular weight excluding hydrogens is 699 g/mol. The Labute approximate surface area is 325 Å². The lowest BCUT2D eigenvalue weighted by atomic mass is 9.99. The number of carbonyl (C=O) groups excluding carboxylic acids is 5. The summed E-state index contributed by atoms with van der Waals surface area (Å²) >= 11 is 1.32. The molecule has 0 aliphatic carbocycles. The lowest BCUT2D eigenvalue weighted by Gasteiger charge is -2.25. The van der Waals surface area contributed by atoms with Gasteiger partial charge in [-0.2, -0.15) is 11.8 Å². The number of methoxy groups -OCH3 is 1. The molecule has 0 aromatic rings. The monoisotopic (exact) mass is 774 g/mol. The van der Waals surface area contributed by atoms with E-state index in [9.17, 15) is 24.0 Å². The Kier molecular flexibility index (Phi) is 28.6. The highest BCUT2D eigenvalue weighted by atomic mass is 32.2. The van der Waals surface area contributed by atoms with Crippen LogP contribution in [0.3, 0.4) is 0 Å². The van der Waals surface area contributed by atoms with E-state index >= 15 is 0 Å². The van der Waals surface area contributed by atoms with Crippen molar-refractivity contribution in [2.24, 2.45) is 5.92 Å². The van der Waals surface area contributed by atoms with Crippen LogP contribution in [0.2, 0.25) is 0 Å². The third-order valence-corrected chi connectivity index (χ3v) is 9.39. The number of rotatable bonds is 31. The Morgan fingerprint density at radius 1 is 0.698 bits per heavy atom. The molecule has 0 aliphatic rings. The molecule has 1 amide bonds. The first-order chi connectivity index (χ1) is 25.0. The van der Waals surface area contributed by atoms with Crippen molar-refractivity contribution in [2.45, 2.75) is 194 Å². The minimum Gasteiger partial charge on any atom is -0.469 e. The Morgan fingerprint density at radius 2 is 1.26 bits per heavy atom. The highest BCUT2D eigenvalue weighted by Gasteiger charge is 2.31. The normalized spacial score (nSPS) is 13.5. The largest absolute Gasteiger partial charge is 0.469 e. The van der Waals surface area contributed by atoms with Gasteiger partial charge in [0.25, 0.3) is 0 Å². The van der Waals surface area contributed by atoms with Crippen LogP contribution in [-0.2, 0) is 42.9 Å². The summed E-state index contributed by atoms with van der Waals surface area (Å²) in [5.41, 5.74) is -1.30. The molecule has 11 nitrogen and oxygen atoms in total. The van der Waals surface area contributed by atoms with E-state index in [0.29, 0.717) is 18.6 Å². The van der Waals surface area contributed by atoms with E-state index in [1.807, 2.05) is 20.8 Å². The summed E-state index contributed by atoms with van der Waals surface area (Å²) in [7, 11) is 1.25. The summed E-state index contributed by atoms with van der Waals surface area (Å²) < 4.78 is 27.3. The van der Waals surface area contributed by atoms with Crippen LogP contribution >= 0.6 is 11.8 Å². The average molecular weight is 774 g/mol. The van der Waals surface area contributed by atoms with Crippen molar-refractivity contribution in [3.05, 3.63) is 0 Å². The number of amides is 1. The standard InChI is InChI=1S/C41H75NO10S/c1-10-12-14-16-17-18-19-21-22-24-33(51-36(44)25-23-20-15-13-11-2)29-37(45)49-26-27-53-31-34(42-39(47)52-41(6,7)8)35(43)28-32(38(46)48-9)30-50-40(3,4)5/h32-34H,10-31H2,1-9H3,(H,42,47)/t32-,33+,34-/m0/s1. The van der Waals surface area contributed by atoms with Crippen molar-refractivity contribution in [3.8, 4) is 0 Å². The number of carbonyl (C=O) groups is 5. The molecule has 310 valence electrons. The number of alkyl carbamates (subject to hydrolysis) is 1. The summed E-state index contributed by atoms with van der Waals surface area (Å²) in [5.74, 6) is -1.98. The molecule has 0 unspecified atom stereocenters. The van der Waals surface area contributed by atoms with Gasteiger partial charge in [-0.1, -0.05) is 90.9 Å². The number of hydrogen-bond acceptors (Lipinski definition) is 11. The SMILES string of the molecule is CCCCCCCCCCC[C@H](CC(=O)OCCSC[C@H](NC(=O)OC(C)(C)C)C(=O)C[C@@H](COC(C)(C)C)C(=O)OC)OC(=O)CCCCCCC. The van der Waals surface area contributed by atoms with Crippen LogP contribution in [0.4, 0.5) is 4.79 Å². The number of thioether (sulfide) groups is 1. The lowest BCUT2D eigenvalue weighted by molar-refractivity contribution is -0.155. The van der Waals surface area contributed by atoms with Crippen molar-refractivity contribution >= 4 is 41.5 Å². The number of unbranched alkanes of at least 4 members (excludes halogenated alkanes) is 12. The number of Topliss-reactive ketones (excluding diaryl/α,β-unsaturated/α-hetero) is 1. The first-order valence-electron chi connectivity index (χ1n) is 20.2. The van der Waals surface area contributed by atoms with Gasteiger partial charge in [0.2, 0.25) is 0 Å². The van der Waals surface area contributed by atoms with Gasteiger partial charge in [0.15, 0.2) is 5.78 Å². The maximum Gasteiger partial charge on any atom is 0.408 e. The van der Waals surface area contributed by atoms with Crippen LogP contribution in [0.25, 0.3) is 0 Å². The Morgan fingerprint density at radius 3 is 1.81 bits per heavy atom. The van der Waals surface area contributed by atoms with Crippen LogP contribution in [0, 0.1) is 5.92 Å². The van der Waals surface area contributed by atoms with E-state index in [-0.39, 0.29) is 43.6 Å². The molecule has 0 rings (SSSR count). The predicted molar refractivity (Wildman–Crippen MR) is 212 cm³/mol. The van der Waals surface area contributed by atoms with E-state index in [0.717, 1.165) is 51.4 Å². The fourth-order valence-corrected chi connectivity index (χ4v) is 6.31. The van der Waals surface area contributed by atoms with Crippen molar-refractivity contribution in [3.63, 3.8) is 0 Å². The van der Waals surface area contributed by atoms with E-state index in [1.165, 1.54) is 57.4 Å². The van der Waals surface area contributed by atoms with E-state index in [2.05, 4.69) is 19.2 Å². The van der Waals surface area contributed by atoms with Gasteiger partial charge in [-0.3, -0.25) is 19.2 Å². The van der Waals surface area contributed by atoms with E-state index in [1.54, 1.807) is 20.8 Å². The lowest BCUT2D eigenvalue weighted by Crippen LogP contribution is -2.46. The van der Waals surface area contributed by atoms with E-state index in [4.69, 9.17) is 23.7 Å². The molecule has 0 aliphatic heterocycles. The summed E-state index contributed by atoms with van der Waals surface area (Å²) in [6.45, 7) is 15.1. The molecular formula is C41H75NO10S. The molecule has 0 heterocycles. The zero-order chi connectivity index (χ0) is 40.1. The van der Waals surface area contributed by atoms with Gasteiger partial charge in [-0.05, 0) is 60.8 Å². The van der Waals surface area contributed by atoms with Crippen LogP contribution in [0.1, 0.15) is 171 Å². The molecule has 0 saturated heterocycles. The summed E-state index contributed by atoms with van der Waals surface area (Å²) in [6.07, 6.45) is 15.2. The number of ketones is 1. The van der Waals surface area contributed by atoms with Gasteiger partial charge >= 0.3 is 24.0 Å². The molecule has 0 saturated carbocycles. The van der Waals surface area contributed by atoms with Crippen molar-refractivity contribution in [1.29, 1.82) is 0 Å². The van der Waals surface area contributed by atoms with Gasteiger partial charge in [0.1, 0.15) is 18.3 Å². The summed E-state index contributed by atoms with van der Waals surface area (Å²) in [5, 5.41) is 2.64. The van der Waals surface area contributed by atoms with Gasteiger partial charge in [0, 0.05) is 24.3 Å². The molecule has 53 heavy (non-hydrogen) atoms. The number of hydrogen-bond donors (Lipinski definition) is 1. The fraction of sp³-hybridized carbons (Fsp3) is 0.878. The minimum atomic E-state index is -0.963. The zero-order valence-electron chi connectivity index (χ0n) is 34.8. The topological polar surface area (TPSA) is 144 Å². The van der Waals surface area contributed by atoms with Crippen LogP contribution in [0.5, 0.6) is 0 Å².